The molecule has 0 spiro atoms. The highest BCUT2D eigenvalue weighted by Crippen LogP contribution is 2.37. The molecule has 9 heteroatoms. The number of thiazole rings is 1. The lowest BCUT2D eigenvalue weighted by molar-refractivity contribution is -0.145. The van der Waals surface area contributed by atoms with E-state index in [4.69, 9.17) is 4.74 Å². The molecule has 0 saturated carbocycles. The molecule has 2 aromatic rings. The van der Waals surface area contributed by atoms with Crippen LogP contribution in [0.5, 0.6) is 0 Å². The fraction of sp³-hybridized carbons (Fsp3) is 0.583. The molecule has 112 valence electrons. The number of aromatic amines is 1. The Hall–Kier alpha value is -2.03. The highest BCUT2D eigenvalue weighted by molar-refractivity contribution is 7.15. The lowest BCUT2D eigenvalue weighted by Crippen LogP contribution is -2.20. The summed E-state index contributed by atoms with van der Waals surface area (Å²) in [7, 11) is 0. The Kier molecular flexibility index (Phi) is 4.09. The van der Waals surface area contributed by atoms with Crippen LogP contribution >= 0.6 is 11.3 Å². The molecule has 2 aromatic heterocycles. The SMILES string of the molecule is CCOC(=O)C1CCCc2sc(NCc3nn[nH]n3)nc21. The smallest absolute Gasteiger partial charge is 0.315 e. The summed E-state index contributed by atoms with van der Waals surface area (Å²) >= 11 is 1.58. The molecule has 2 heterocycles. The maximum absolute atomic E-state index is 12.0. The number of esters is 1. The largest absolute Gasteiger partial charge is 0.465 e. The summed E-state index contributed by atoms with van der Waals surface area (Å²) in [6, 6.07) is 0. The molecule has 21 heavy (non-hydrogen) atoms. The zero-order chi connectivity index (χ0) is 14.7. The number of fused-ring (bicyclic) bond motifs is 1. The molecule has 0 radical (unpaired) electrons. The van der Waals surface area contributed by atoms with Crippen LogP contribution in [0.25, 0.3) is 0 Å². The number of ether oxygens (including phenoxy) is 1. The normalized spacial score (nSPS) is 17.3. The third kappa shape index (κ3) is 3.02. The molecule has 0 aliphatic heterocycles. The minimum absolute atomic E-state index is 0.173. The van der Waals surface area contributed by atoms with Crippen molar-refractivity contribution in [3.63, 3.8) is 0 Å². The fourth-order valence-electron chi connectivity index (χ4n) is 2.38. The van der Waals surface area contributed by atoms with E-state index in [1.54, 1.807) is 11.3 Å². The first-order valence-corrected chi connectivity index (χ1v) is 7.72. The Balaban J connectivity index is 1.73. The van der Waals surface area contributed by atoms with Gasteiger partial charge < -0.3 is 10.1 Å². The maximum atomic E-state index is 12.0. The summed E-state index contributed by atoms with van der Waals surface area (Å²) in [5.41, 5.74) is 0.861. The van der Waals surface area contributed by atoms with E-state index in [1.165, 1.54) is 0 Å². The molecule has 3 rings (SSSR count). The molecular formula is C12H16N6O2S. The number of rotatable bonds is 5. The monoisotopic (exact) mass is 308 g/mol. The van der Waals surface area contributed by atoms with Crippen LogP contribution < -0.4 is 5.32 Å². The number of carbonyl (C=O) groups is 1. The number of tetrazole rings is 1. The Labute approximate surface area is 125 Å². The van der Waals surface area contributed by atoms with Crippen LogP contribution in [0, 0.1) is 0 Å². The molecule has 0 bridgehead atoms. The van der Waals surface area contributed by atoms with Gasteiger partial charge in [-0.1, -0.05) is 5.21 Å². The van der Waals surface area contributed by atoms with Crippen molar-refractivity contribution in [2.75, 3.05) is 11.9 Å². The van der Waals surface area contributed by atoms with E-state index in [1.807, 2.05) is 6.92 Å². The van der Waals surface area contributed by atoms with Crippen molar-refractivity contribution in [1.29, 1.82) is 0 Å². The topological polar surface area (TPSA) is 106 Å². The second kappa shape index (κ2) is 6.17. The van der Waals surface area contributed by atoms with Crippen molar-refractivity contribution >= 4 is 22.4 Å². The van der Waals surface area contributed by atoms with Crippen LogP contribution in [0.4, 0.5) is 5.13 Å². The summed E-state index contributed by atoms with van der Waals surface area (Å²) in [4.78, 5) is 17.7. The van der Waals surface area contributed by atoms with Gasteiger partial charge in [0.25, 0.3) is 0 Å². The summed E-state index contributed by atoms with van der Waals surface area (Å²) < 4.78 is 5.14. The Bertz CT molecular complexity index is 611. The fourth-order valence-corrected chi connectivity index (χ4v) is 3.44. The molecule has 8 nitrogen and oxygen atoms in total. The van der Waals surface area contributed by atoms with E-state index in [0.717, 1.165) is 35.0 Å². The van der Waals surface area contributed by atoms with Crippen molar-refractivity contribution in [2.45, 2.75) is 38.6 Å². The van der Waals surface area contributed by atoms with Crippen molar-refractivity contribution in [3.8, 4) is 0 Å². The highest BCUT2D eigenvalue weighted by atomic mass is 32.1. The molecular weight excluding hydrogens is 292 g/mol. The van der Waals surface area contributed by atoms with Crippen molar-refractivity contribution in [2.24, 2.45) is 0 Å². The first kappa shape index (κ1) is 13.9. The van der Waals surface area contributed by atoms with E-state index in [9.17, 15) is 4.79 Å². The number of aromatic nitrogens is 5. The average molecular weight is 308 g/mol. The third-order valence-corrected chi connectivity index (χ3v) is 4.40. The molecule has 1 aliphatic carbocycles. The van der Waals surface area contributed by atoms with Gasteiger partial charge in [-0.05, 0) is 26.2 Å². The molecule has 0 amide bonds. The van der Waals surface area contributed by atoms with Crippen LogP contribution in [-0.2, 0) is 22.5 Å². The Morgan fingerprint density at radius 3 is 3.24 bits per heavy atom. The van der Waals surface area contributed by atoms with Gasteiger partial charge in [0.2, 0.25) is 0 Å². The second-order valence-electron chi connectivity index (χ2n) is 4.71. The van der Waals surface area contributed by atoms with Gasteiger partial charge in [0, 0.05) is 4.88 Å². The quantitative estimate of drug-likeness (QED) is 0.801. The number of carbonyl (C=O) groups excluding carboxylic acids is 1. The maximum Gasteiger partial charge on any atom is 0.315 e. The van der Waals surface area contributed by atoms with Crippen LogP contribution in [0.2, 0.25) is 0 Å². The molecule has 1 unspecified atom stereocenters. The van der Waals surface area contributed by atoms with Gasteiger partial charge in [-0.15, -0.1) is 21.5 Å². The number of anilines is 1. The highest BCUT2D eigenvalue weighted by Gasteiger charge is 2.31. The van der Waals surface area contributed by atoms with Gasteiger partial charge in [0.15, 0.2) is 11.0 Å². The van der Waals surface area contributed by atoms with Crippen molar-refractivity contribution < 1.29 is 9.53 Å². The van der Waals surface area contributed by atoms with E-state index < -0.39 is 0 Å². The average Bonchev–Trinajstić information content (AvgIpc) is 3.13. The first-order chi connectivity index (χ1) is 10.3. The lowest BCUT2D eigenvalue weighted by Gasteiger charge is -2.19. The molecule has 1 aliphatic rings. The summed E-state index contributed by atoms with van der Waals surface area (Å²) in [6.07, 6.45) is 2.76. The molecule has 1 atom stereocenters. The zero-order valence-electron chi connectivity index (χ0n) is 11.6. The second-order valence-corrected chi connectivity index (χ2v) is 5.79. The van der Waals surface area contributed by atoms with E-state index in [2.05, 4.69) is 30.9 Å². The van der Waals surface area contributed by atoms with Gasteiger partial charge in [-0.3, -0.25) is 4.79 Å². The standard InChI is InChI=1S/C12H16N6O2S/c1-2-20-11(19)7-4-3-5-8-10(7)14-12(21-8)13-6-9-15-17-18-16-9/h7H,2-6H2,1H3,(H,13,14)(H,15,16,17,18). The van der Waals surface area contributed by atoms with Gasteiger partial charge in [-0.25, -0.2) is 4.98 Å². The van der Waals surface area contributed by atoms with E-state index in [-0.39, 0.29) is 11.9 Å². The number of nitrogens with zero attached hydrogens (tertiary/aromatic N) is 4. The Morgan fingerprint density at radius 2 is 2.48 bits per heavy atom. The zero-order valence-corrected chi connectivity index (χ0v) is 12.4. The predicted molar refractivity (Wildman–Crippen MR) is 75.9 cm³/mol. The van der Waals surface area contributed by atoms with Gasteiger partial charge in [0.1, 0.15) is 5.92 Å². The van der Waals surface area contributed by atoms with Crippen LogP contribution in [0.3, 0.4) is 0 Å². The van der Waals surface area contributed by atoms with Gasteiger partial charge in [0.05, 0.1) is 18.8 Å². The van der Waals surface area contributed by atoms with E-state index >= 15 is 0 Å². The number of H-pyrrole nitrogens is 1. The number of hydrogen-bond acceptors (Lipinski definition) is 8. The van der Waals surface area contributed by atoms with Gasteiger partial charge >= 0.3 is 5.97 Å². The van der Waals surface area contributed by atoms with Crippen molar-refractivity contribution in [1.82, 2.24) is 25.6 Å². The van der Waals surface area contributed by atoms with Crippen molar-refractivity contribution in [3.05, 3.63) is 16.4 Å². The minimum Gasteiger partial charge on any atom is -0.465 e. The molecule has 2 N–H and O–H groups in total. The lowest BCUT2D eigenvalue weighted by atomic mass is 9.91. The minimum atomic E-state index is -0.231. The third-order valence-electron chi connectivity index (χ3n) is 3.31. The van der Waals surface area contributed by atoms with Crippen LogP contribution in [0.1, 0.15) is 42.1 Å². The van der Waals surface area contributed by atoms with E-state index in [0.29, 0.717) is 19.0 Å². The Morgan fingerprint density at radius 1 is 1.57 bits per heavy atom. The number of nitrogens with one attached hydrogen (secondary N) is 2. The summed E-state index contributed by atoms with van der Waals surface area (Å²) in [5, 5.41) is 17.6. The number of hydrogen-bond donors (Lipinski definition) is 2. The summed E-state index contributed by atoms with van der Waals surface area (Å²) in [5.74, 6) is 0.171. The molecule has 0 fully saturated rings. The molecule has 0 aromatic carbocycles. The molecule has 0 saturated heterocycles. The van der Waals surface area contributed by atoms with Gasteiger partial charge in [-0.2, -0.15) is 5.21 Å². The predicted octanol–water partition coefficient (Wildman–Crippen LogP) is 1.25. The first-order valence-electron chi connectivity index (χ1n) is 6.90. The van der Waals surface area contributed by atoms with Crippen LogP contribution in [0.15, 0.2) is 0 Å². The van der Waals surface area contributed by atoms with Crippen LogP contribution in [-0.4, -0.2) is 38.2 Å². The number of aryl methyl sites for hydroxylation is 1. The summed E-state index contributed by atoms with van der Waals surface area (Å²) in [6.45, 7) is 2.67.